The summed E-state index contributed by atoms with van der Waals surface area (Å²) in [5, 5.41) is 8.91. The molecule has 0 aliphatic carbocycles. The van der Waals surface area contributed by atoms with E-state index in [1.54, 1.807) is 12.1 Å². The van der Waals surface area contributed by atoms with E-state index >= 15 is 0 Å². The fourth-order valence-corrected chi connectivity index (χ4v) is 2.57. The average Bonchev–Trinajstić information content (AvgIpc) is 2.29. The summed E-state index contributed by atoms with van der Waals surface area (Å²) in [5.74, 6) is 1.77. The van der Waals surface area contributed by atoms with E-state index in [1.807, 2.05) is 13.0 Å². The Hall–Kier alpha value is -1.34. The normalized spacial score (nSPS) is 11.8. The zero-order valence-electron chi connectivity index (χ0n) is 9.53. The van der Waals surface area contributed by atoms with Crippen LogP contribution >= 0.6 is 0 Å². The van der Waals surface area contributed by atoms with E-state index in [9.17, 15) is 4.21 Å². The average molecular weight is 237 g/mol. The van der Waals surface area contributed by atoms with Crippen molar-refractivity contribution in [2.24, 2.45) is 0 Å². The van der Waals surface area contributed by atoms with E-state index in [0.29, 0.717) is 22.8 Å². The number of methoxy groups -OCH3 is 1. The summed E-state index contributed by atoms with van der Waals surface area (Å²) in [6.45, 7) is 2.01. The predicted octanol–water partition coefficient (Wildman–Crippen LogP) is 2.23. The zero-order valence-corrected chi connectivity index (χ0v) is 10.3. The standard InChI is InChI=1S/C12H15NO2S/c1-3-6-16(14)9-10-4-5-12(15-2)11(7-10)8-13/h4-5,7H,3,6,9H2,1-2H3. The van der Waals surface area contributed by atoms with E-state index in [-0.39, 0.29) is 0 Å². The smallest absolute Gasteiger partial charge is 0.136 e. The lowest BCUT2D eigenvalue weighted by molar-refractivity contribution is 0.413. The zero-order chi connectivity index (χ0) is 12.0. The Morgan fingerprint density at radius 1 is 1.50 bits per heavy atom. The molecule has 16 heavy (non-hydrogen) atoms. The first-order chi connectivity index (χ1) is 7.71. The van der Waals surface area contributed by atoms with Gasteiger partial charge in [-0.3, -0.25) is 4.21 Å². The summed E-state index contributed by atoms with van der Waals surface area (Å²) in [6, 6.07) is 7.41. The van der Waals surface area contributed by atoms with Gasteiger partial charge in [-0.2, -0.15) is 5.26 Å². The largest absolute Gasteiger partial charge is 0.495 e. The van der Waals surface area contributed by atoms with Gasteiger partial charge in [0.25, 0.3) is 0 Å². The summed E-state index contributed by atoms with van der Waals surface area (Å²) in [6.07, 6.45) is 0.911. The molecule has 1 atom stereocenters. The fourth-order valence-electron chi connectivity index (χ4n) is 1.42. The number of hydrogen-bond acceptors (Lipinski definition) is 3. The van der Waals surface area contributed by atoms with Crippen molar-refractivity contribution >= 4 is 10.8 Å². The van der Waals surface area contributed by atoms with Gasteiger partial charge in [-0.15, -0.1) is 0 Å². The van der Waals surface area contributed by atoms with Crippen LogP contribution in [0.15, 0.2) is 18.2 Å². The van der Waals surface area contributed by atoms with Gasteiger partial charge >= 0.3 is 0 Å². The molecule has 0 aliphatic rings. The predicted molar refractivity (Wildman–Crippen MR) is 64.7 cm³/mol. The third kappa shape index (κ3) is 3.35. The number of rotatable bonds is 5. The summed E-state index contributed by atoms with van der Waals surface area (Å²) in [5.41, 5.74) is 1.41. The molecule has 1 unspecified atom stereocenters. The summed E-state index contributed by atoms with van der Waals surface area (Å²) in [7, 11) is 0.693. The van der Waals surface area contributed by atoms with Crippen LogP contribution in [0.5, 0.6) is 5.75 Å². The second-order valence-corrected chi connectivity index (χ2v) is 5.01. The molecular formula is C12H15NO2S. The van der Waals surface area contributed by atoms with Gasteiger partial charge in [-0.25, -0.2) is 0 Å². The van der Waals surface area contributed by atoms with Crippen LogP contribution < -0.4 is 4.74 Å². The van der Waals surface area contributed by atoms with E-state index in [2.05, 4.69) is 6.07 Å². The Morgan fingerprint density at radius 3 is 2.81 bits per heavy atom. The molecule has 4 heteroatoms. The lowest BCUT2D eigenvalue weighted by Gasteiger charge is -2.05. The monoisotopic (exact) mass is 237 g/mol. The van der Waals surface area contributed by atoms with Gasteiger partial charge < -0.3 is 4.74 Å². The van der Waals surface area contributed by atoms with Crippen molar-refractivity contribution in [3.8, 4) is 11.8 Å². The Bertz CT molecular complexity index is 424. The molecule has 0 spiro atoms. The van der Waals surface area contributed by atoms with Crippen LogP contribution in [0, 0.1) is 11.3 Å². The molecule has 0 heterocycles. The summed E-state index contributed by atoms with van der Waals surface area (Å²) in [4.78, 5) is 0. The van der Waals surface area contributed by atoms with Crippen LogP contribution in [0.25, 0.3) is 0 Å². The molecule has 0 aliphatic heterocycles. The minimum absolute atomic E-state index is 0.494. The van der Waals surface area contributed by atoms with Crippen LogP contribution in [-0.4, -0.2) is 17.1 Å². The maximum absolute atomic E-state index is 11.6. The summed E-state index contributed by atoms with van der Waals surface area (Å²) >= 11 is 0. The third-order valence-corrected chi connectivity index (χ3v) is 3.66. The molecule has 0 aromatic heterocycles. The third-order valence-electron chi connectivity index (χ3n) is 2.14. The van der Waals surface area contributed by atoms with Crippen LogP contribution in [0.3, 0.4) is 0 Å². The molecule has 0 radical (unpaired) electrons. The van der Waals surface area contributed by atoms with Gasteiger partial charge in [0.05, 0.1) is 12.7 Å². The summed E-state index contributed by atoms with van der Waals surface area (Å²) < 4.78 is 16.6. The van der Waals surface area contributed by atoms with Crippen molar-refractivity contribution in [3.63, 3.8) is 0 Å². The number of nitrogens with zero attached hydrogens (tertiary/aromatic N) is 1. The molecule has 0 saturated carbocycles. The Labute approximate surface area is 98.5 Å². The van der Waals surface area contributed by atoms with E-state index in [4.69, 9.17) is 10.00 Å². The molecule has 0 fully saturated rings. The van der Waals surface area contributed by atoms with E-state index in [1.165, 1.54) is 7.11 Å². The topological polar surface area (TPSA) is 50.1 Å². The Kier molecular flexibility index (Phi) is 5.00. The molecule has 86 valence electrons. The highest BCUT2D eigenvalue weighted by molar-refractivity contribution is 7.84. The Morgan fingerprint density at radius 2 is 2.25 bits per heavy atom. The van der Waals surface area contributed by atoms with Gasteiger partial charge in [0.15, 0.2) is 0 Å². The molecular weight excluding hydrogens is 222 g/mol. The highest BCUT2D eigenvalue weighted by Gasteiger charge is 2.06. The van der Waals surface area contributed by atoms with E-state index in [0.717, 1.165) is 12.0 Å². The molecule has 0 amide bonds. The molecule has 3 nitrogen and oxygen atoms in total. The highest BCUT2D eigenvalue weighted by atomic mass is 32.2. The number of hydrogen-bond donors (Lipinski definition) is 0. The van der Waals surface area contributed by atoms with Crippen molar-refractivity contribution in [2.45, 2.75) is 19.1 Å². The lowest BCUT2D eigenvalue weighted by atomic mass is 10.1. The number of benzene rings is 1. The lowest BCUT2D eigenvalue weighted by Crippen LogP contribution is -2.00. The van der Waals surface area contributed by atoms with Gasteiger partial charge in [0.2, 0.25) is 0 Å². The van der Waals surface area contributed by atoms with Crippen molar-refractivity contribution in [2.75, 3.05) is 12.9 Å². The van der Waals surface area contributed by atoms with Crippen LogP contribution in [0.4, 0.5) is 0 Å². The van der Waals surface area contributed by atoms with Crippen LogP contribution in [-0.2, 0) is 16.6 Å². The first-order valence-electron chi connectivity index (χ1n) is 5.13. The maximum atomic E-state index is 11.6. The van der Waals surface area contributed by atoms with Gasteiger partial charge in [0, 0.05) is 22.3 Å². The quantitative estimate of drug-likeness (QED) is 0.789. The van der Waals surface area contributed by atoms with Gasteiger partial charge in [-0.05, 0) is 24.1 Å². The molecule has 0 N–H and O–H groups in total. The Balaban J connectivity index is 2.84. The highest BCUT2D eigenvalue weighted by Crippen LogP contribution is 2.19. The van der Waals surface area contributed by atoms with E-state index < -0.39 is 10.8 Å². The molecule has 1 rings (SSSR count). The molecule has 1 aromatic rings. The van der Waals surface area contributed by atoms with Gasteiger partial charge in [-0.1, -0.05) is 13.0 Å². The minimum Gasteiger partial charge on any atom is -0.495 e. The van der Waals surface area contributed by atoms with Crippen molar-refractivity contribution in [1.82, 2.24) is 0 Å². The molecule has 1 aromatic carbocycles. The fraction of sp³-hybridized carbons (Fsp3) is 0.417. The van der Waals surface area contributed by atoms with Crippen LogP contribution in [0.2, 0.25) is 0 Å². The maximum Gasteiger partial charge on any atom is 0.136 e. The molecule has 0 bridgehead atoms. The van der Waals surface area contributed by atoms with Crippen molar-refractivity contribution in [3.05, 3.63) is 29.3 Å². The number of nitriles is 1. The minimum atomic E-state index is -0.840. The molecule has 0 saturated heterocycles. The van der Waals surface area contributed by atoms with Crippen LogP contribution in [0.1, 0.15) is 24.5 Å². The van der Waals surface area contributed by atoms with Crippen molar-refractivity contribution < 1.29 is 8.95 Å². The van der Waals surface area contributed by atoms with Gasteiger partial charge in [0.1, 0.15) is 11.8 Å². The number of ether oxygens (including phenoxy) is 1. The second kappa shape index (κ2) is 6.29. The van der Waals surface area contributed by atoms with Crippen molar-refractivity contribution in [1.29, 1.82) is 5.26 Å². The first-order valence-corrected chi connectivity index (χ1v) is 6.62. The second-order valence-electron chi connectivity index (χ2n) is 3.43. The first kappa shape index (κ1) is 12.7. The SMILES string of the molecule is CCCS(=O)Cc1ccc(OC)c(C#N)c1.